The lowest BCUT2D eigenvalue weighted by atomic mass is 10.3. The van der Waals surface area contributed by atoms with E-state index >= 15 is 0 Å². The second-order valence-corrected chi connectivity index (χ2v) is 4.49. The normalized spacial score (nSPS) is 23.9. The molecule has 2 unspecified atom stereocenters. The van der Waals surface area contributed by atoms with Crippen LogP contribution in [-0.2, 0) is 9.47 Å². The molecule has 1 saturated heterocycles. The predicted molar refractivity (Wildman–Crippen MR) is 59.1 cm³/mol. The number of nitrogens with one attached hydrogen (secondary N) is 1. The molecule has 84 valence electrons. The number of hydrogen-bond acceptors (Lipinski definition) is 5. The molecule has 5 heteroatoms. The van der Waals surface area contributed by atoms with Gasteiger partial charge in [-0.2, -0.15) is 0 Å². The molecule has 0 saturated carbocycles. The van der Waals surface area contributed by atoms with E-state index in [4.69, 9.17) is 9.47 Å². The van der Waals surface area contributed by atoms with Crippen LogP contribution in [-0.4, -0.2) is 37.5 Å². The highest BCUT2D eigenvalue weighted by Gasteiger charge is 2.16. The smallest absolute Gasteiger partial charge is 0.109 e. The fourth-order valence-electron chi connectivity index (χ4n) is 1.50. The largest absolute Gasteiger partial charge is 0.376 e. The molecule has 4 nitrogen and oxygen atoms in total. The molecule has 0 spiro atoms. The molecule has 1 aliphatic heterocycles. The quantitative estimate of drug-likeness (QED) is 0.841. The van der Waals surface area contributed by atoms with Crippen LogP contribution in [0.2, 0.25) is 0 Å². The van der Waals surface area contributed by atoms with Gasteiger partial charge in [0.1, 0.15) is 5.01 Å². The molecular weight excluding hydrogens is 212 g/mol. The highest BCUT2D eigenvalue weighted by molar-refractivity contribution is 7.09. The molecule has 15 heavy (non-hydrogen) atoms. The monoisotopic (exact) mass is 228 g/mol. The van der Waals surface area contributed by atoms with E-state index in [1.54, 1.807) is 11.3 Å². The summed E-state index contributed by atoms with van der Waals surface area (Å²) in [6.07, 6.45) is 2.01. The van der Waals surface area contributed by atoms with E-state index in [1.807, 2.05) is 11.6 Å². The second kappa shape index (κ2) is 5.55. The van der Waals surface area contributed by atoms with Gasteiger partial charge >= 0.3 is 0 Å². The van der Waals surface area contributed by atoms with Gasteiger partial charge in [-0.1, -0.05) is 0 Å². The molecular formula is C10H16N2O2S. The number of ether oxygens (including phenoxy) is 2. The van der Waals surface area contributed by atoms with Gasteiger partial charge in [0.2, 0.25) is 0 Å². The fraction of sp³-hybridized carbons (Fsp3) is 0.700. The van der Waals surface area contributed by atoms with Gasteiger partial charge in [-0.05, 0) is 6.92 Å². The predicted octanol–water partition coefficient (Wildman–Crippen LogP) is 1.21. The summed E-state index contributed by atoms with van der Waals surface area (Å²) in [5.41, 5.74) is 0. The summed E-state index contributed by atoms with van der Waals surface area (Å²) in [5, 5.41) is 6.51. The Morgan fingerprint density at radius 2 is 2.60 bits per heavy atom. The Kier molecular flexibility index (Phi) is 4.08. The van der Waals surface area contributed by atoms with Crippen molar-refractivity contribution in [2.75, 3.05) is 26.4 Å². The number of hydrogen-bond donors (Lipinski definition) is 1. The molecule has 1 aromatic heterocycles. The van der Waals surface area contributed by atoms with Gasteiger partial charge in [0.15, 0.2) is 0 Å². The Hall–Kier alpha value is -0.490. The minimum atomic E-state index is 0.182. The Morgan fingerprint density at radius 1 is 1.67 bits per heavy atom. The molecule has 0 bridgehead atoms. The topological polar surface area (TPSA) is 43.4 Å². The van der Waals surface area contributed by atoms with Crippen LogP contribution >= 0.6 is 11.3 Å². The lowest BCUT2D eigenvalue weighted by molar-refractivity contribution is -0.0869. The van der Waals surface area contributed by atoms with Crippen LogP contribution in [0.3, 0.4) is 0 Å². The SMILES string of the molecule is CC(NCC1COCCO1)c1nccs1. The van der Waals surface area contributed by atoms with Gasteiger partial charge in [-0.25, -0.2) is 4.98 Å². The summed E-state index contributed by atoms with van der Waals surface area (Å²) >= 11 is 1.67. The van der Waals surface area contributed by atoms with Gasteiger partial charge in [0, 0.05) is 18.1 Å². The first-order valence-corrected chi connectivity index (χ1v) is 6.06. The lowest BCUT2D eigenvalue weighted by Crippen LogP contribution is -2.38. The van der Waals surface area contributed by atoms with Crippen LogP contribution in [0.5, 0.6) is 0 Å². The summed E-state index contributed by atoms with van der Waals surface area (Å²) in [7, 11) is 0. The van der Waals surface area contributed by atoms with Crippen molar-refractivity contribution < 1.29 is 9.47 Å². The first-order valence-electron chi connectivity index (χ1n) is 5.18. The molecule has 2 rings (SSSR count). The maximum Gasteiger partial charge on any atom is 0.109 e. The molecule has 1 fully saturated rings. The molecule has 0 aromatic carbocycles. The van der Waals surface area contributed by atoms with Gasteiger partial charge in [-0.15, -0.1) is 11.3 Å². The number of nitrogens with zero attached hydrogens (tertiary/aromatic N) is 1. The first kappa shape index (κ1) is 11.0. The van der Waals surface area contributed by atoms with E-state index in [0.717, 1.165) is 18.2 Å². The Bertz CT molecular complexity index is 273. The zero-order chi connectivity index (χ0) is 10.5. The Balaban J connectivity index is 1.73. The van der Waals surface area contributed by atoms with Gasteiger partial charge in [-0.3, -0.25) is 0 Å². The maximum absolute atomic E-state index is 5.54. The van der Waals surface area contributed by atoms with E-state index in [0.29, 0.717) is 13.2 Å². The molecule has 1 aliphatic rings. The summed E-state index contributed by atoms with van der Waals surface area (Å²) in [5.74, 6) is 0. The third-order valence-electron chi connectivity index (χ3n) is 2.36. The minimum absolute atomic E-state index is 0.182. The van der Waals surface area contributed by atoms with Crippen molar-refractivity contribution in [1.29, 1.82) is 0 Å². The van der Waals surface area contributed by atoms with Crippen LogP contribution in [0.15, 0.2) is 11.6 Å². The van der Waals surface area contributed by atoms with E-state index in [9.17, 15) is 0 Å². The average Bonchev–Trinajstić information content (AvgIpc) is 2.81. The number of aromatic nitrogens is 1. The first-order chi connectivity index (χ1) is 7.36. The summed E-state index contributed by atoms with van der Waals surface area (Å²) in [6, 6.07) is 0.288. The standard InChI is InChI=1S/C10H16N2O2S/c1-8(10-11-2-5-15-10)12-6-9-7-13-3-4-14-9/h2,5,8-9,12H,3-4,6-7H2,1H3. The Morgan fingerprint density at radius 3 is 3.27 bits per heavy atom. The van der Waals surface area contributed by atoms with Crippen molar-refractivity contribution in [1.82, 2.24) is 10.3 Å². The van der Waals surface area contributed by atoms with Crippen molar-refractivity contribution in [3.8, 4) is 0 Å². The van der Waals surface area contributed by atoms with Crippen molar-refractivity contribution >= 4 is 11.3 Å². The van der Waals surface area contributed by atoms with Crippen molar-refractivity contribution in [2.24, 2.45) is 0 Å². The molecule has 0 radical (unpaired) electrons. The van der Waals surface area contributed by atoms with Crippen LogP contribution in [0.25, 0.3) is 0 Å². The average molecular weight is 228 g/mol. The summed E-state index contributed by atoms with van der Waals surface area (Å²) < 4.78 is 10.9. The zero-order valence-electron chi connectivity index (χ0n) is 8.81. The summed E-state index contributed by atoms with van der Waals surface area (Å²) in [6.45, 7) is 5.05. The molecule has 2 atom stereocenters. The third kappa shape index (κ3) is 3.24. The van der Waals surface area contributed by atoms with E-state index < -0.39 is 0 Å². The Labute approximate surface area is 93.6 Å². The van der Waals surface area contributed by atoms with Gasteiger partial charge in [0.05, 0.1) is 32.0 Å². The molecule has 0 amide bonds. The second-order valence-electron chi connectivity index (χ2n) is 3.57. The van der Waals surface area contributed by atoms with Crippen LogP contribution in [0.4, 0.5) is 0 Å². The van der Waals surface area contributed by atoms with Crippen LogP contribution < -0.4 is 5.32 Å². The van der Waals surface area contributed by atoms with Crippen molar-refractivity contribution in [3.63, 3.8) is 0 Å². The van der Waals surface area contributed by atoms with Crippen LogP contribution in [0.1, 0.15) is 18.0 Å². The molecule has 1 N–H and O–H groups in total. The maximum atomic E-state index is 5.54. The molecule has 0 aliphatic carbocycles. The van der Waals surface area contributed by atoms with Crippen molar-refractivity contribution in [2.45, 2.75) is 19.1 Å². The van der Waals surface area contributed by atoms with Crippen molar-refractivity contribution in [3.05, 3.63) is 16.6 Å². The highest BCUT2D eigenvalue weighted by Crippen LogP contribution is 2.14. The van der Waals surface area contributed by atoms with E-state index in [1.165, 1.54) is 0 Å². The molecule has 1 aromatic rings. The van der Waals surface area contributed by atoms with Gasteiger partial charge in [0.25, 0.3) is 0 Å². The van der Waals surface area contributed by atoms with E-state index in [-0.39, 0.29) is 12.1 Å². The molecule has 2 heterocycles. The fourth-order valence-corrected chi connectivity index (χ4v) is 2.17. The number of thiazole rings is 1. The zero-order valence-corrected chi connectivity index (χ0v) is 9.63. The number of rotatable bonds is 4. The lowest BCUT2D eigenvalue weighted by Gasteiger charge is -2.24. The summed E-state index contributed by atoms with van der Waals surface area (Å²) in [4.78, 5) is 4.26. The van der Waals surface area contributed by atoms with Gasteiger partial charge < -0.3 is 14.8 Å². The third-order valence-corrected chi connectivity index (χ3v) is 3.32. The van der Waals surface area contributed by atoms with Crippen LogP contribution in [0, 0.1) is 0 Å². The minimum Gasteiger partial charge on any atom is -0.376 e. The highest BCUT2D eigenvalue weighted by atomic mass is 32.1. The van der Waals surface area contributed by atoms with E-state index in [2.05, 4.69) is 17.2 Å².